The number of carbonyl (C=O) groups is 1. The van der Waals surface area contributed by atoms with Gasteiger partial charge in [-0.2, -0.15) is 0 Å². The largest absolute Gasteiger partial charge is 0.454 e. The van der Waals surface area contributed by atoms with Crippen LogP contribution >= 0.6 is 0 Å². The van der Waals surface area contributed by atoms with Crippen LogP contribution in [0.1, 0.15) is 16.1 Å². The number of carbonyl (C=O) groups excluding carboxylic acids is 1. The highest BCUT2D eigenvalue weighted by atomic mass is 16.7. The fourth-order valence-corrected chi connectivity index (χ4v) is 1.90. The lowest BCUT2D eigenvalue weighted by Gasteiger charge is -2.06. The summed E-state index contributed by atoms with van der Waals surface area (Å²) in [6.07, 6.45) is 3.13. The number of ether oxygens (including phenoxy) is 2. The van der Waals surface area contributed by atoms with Crippen molar-refractivity contribution in [2.75, 3.05) is 6.79 Å². The number of hydrogen-bond donors (Lipinski definition) is 1. The van der Waals surface area contributed by atoms with Gasteiger partial charge >= 0.3 is 0 Å². The molecule has 1 N–H and O–H groups in total. The molecule has 2 aromatic rings. The van der Waals surface area contributed by atoms with Crippen LogP contribution in [0.15, 0.2) is 30.7 Å². The van der Waals surface area contributed by atoms with E-state index in [0.29, 0.717) is 18.0 Å². The van der Waals surface area contributed by atoms with Crippen LogP contribution in [-0.2, 0) is 13.6 Å². The average Bonchev–Trinajstić information content (AvgIpc) is 3.03. The van der Waals surface area contributed by atoms with Crippen LogP contribution in [0.4, 0.5) is 0 Å². The molecule has 1 aromatic carbocycles. The van der Waals surface area contributed by atoms with Crippen LogP contribution in [0.5, 0.6) is 11.5 Å². The van der Waals surface area contributed by atoms with Crippen molar-refractivity contribution in [2.45, 2.75) is 6.54 Å². The predicted octanol–water partition coefficient (Wildman–Crippen LogP) is 1.08. The van der Waals surface area contributed by atoms with E-state index < -0.39 is 0 Å². The third-order valence-electron chi connectivity index (χ3n) is 2.94. The SMILES string of the molecule is Cn1cncc1C(=O)NCc1ccc2c(c1)OCO2. The monoisotopic (exact) mass is 259 g/mol. The second kappa shape index (κ2) is 4.64. The van der Waals surface area contributed by atoms with Crippen molar-refractivity contribution >= 4 is 5.91 Å². The lowest BCUT2D eigenvalue weighted by molar-refractivity contribution is 0.0942. The van der Waals surface area contributed by atoms with E-state index in [9.17, 15) is 4.79 Å². The molecule has 1 aliphatic rings. The number of nitrogens with one attached hydrogen (secondary N) is 1. The Morgan fingerprint density at radius 2 is 2.26 bits per heavy atom. The number of fused-ring (bicyclic) bond motifs is 1. The number of amides is 1. The second-order valence-electron chi connectivity index (χ2n) is 4.26. The van der Waals surface area contributed by atoms with Gasteiger partial charge in [-0.25, -0.2) is 4.98 Å². The molecule has 0 bridgehead atoms. The molecule has 0 aliphatic carbocycles. The Morgan fingerprint density at radius 1 is 1.42 bits per heavy atom. The van der Waals surface area contributed by atoms with Gasteiger partial charge < -0.3 is 19.4 Å². The smallest absolute Gasteiger partial charge is 0.269 e. The topological polar surface area (TPSA) is 65.4 Å². The summed E-state index contributed by atoms with van der Waals surface area (Å²) in [7, 11) is 1.78. The van der Waals surface area contributed by atoms with Crippen molar-refractivity contribution < 1.29 is 14.3 Å². The first-order valence-electron chi connectivity index (χ1n) is 5.87. The molecule has 1 amide bonds. The molecule has 0 atom stereocenters. The number of benzene rings is 1. The Labute approximate surface area is 110 Å². The summed E-state index contributed by atoms with van der Waals surface area (Å²) in [5, 5.41) is 2.84. The van der Waals surface area contributed by atoms with E-state index in [2.05, 4.69) is 10.3 Å². The summed E-state index contributed by atoms with van der Waals surface area (Å²) in [6, 6.07) is 5.61. The van der Waals surface area contributed by atoms with Gasteiger partial charge in [0.25, 0.3) is 5.91 Å². The molecule has 1 aliphatic heterocycles. The molecule has 3 rings (SSSR count). The average molecular weight is 259 g/mol. The van der Waals surface area contributed by atoms with Crippen molar-refractivity contribution in [3.63, 3.8) is 0 Å². The van der Waals surface area contributed by atoms with E-state index in [1.54, 1.807) is 17.9 Å². The summed E-state index contributed by atoms with van der Waals surface area (Å²) < 4.78 is 12.2. The lowest BCUT2D eigenvalue weighted by atomic mass is 10.2. The van der Waals surface area contributed by atoms with Gasteiger partial charge in [0.15, 0.2) is 11.5 Å². The molecule has 0 unspecified atom stereocenters. The van der Waals surface area contributed by atoms with Crippen molar-refractivity contribution in [3.8, 4) is 11.5 Å². The third-order valence-corrected chi connectivity index (χ3v) is 2.94. The third kappa shape index (κ3) is 2.24. The minimum Gasteiger partial charge on any atom is -0.454 e. The van der Waals surface area contributed by atoms with Crippen molar-refractivity contribution in [1.29, 1.82) is 0 Å². The molecule has 0 radical (unpaired) electrons. The maximum absolute atomic E-state index is 11.9. The van der Waals surface area contributed by atoms with Gasteiger partial charge in [0.05, 0.1) is 12.5 Å². The van der Waals surface area contributed by atoms with Gasteiger partial charge in [-0.3, -0.25) is 4.79 Å². The fourth-order valence-electron chi connectivity index (χ4n) is 1.90. The minimum atomic E-state index is -0.155. The van der Waals surface area contributed by atoms with Crippen LogP contribution in [0, 0.1) is 0 Å². The number of aromatic nitrogens is 2. The Balaban J connectivity index is 1.66. The number of rotatable bonds is 3. The van der Waals surface area contributed by atoms with E-state index in [0.717, 1.165) is 11.3 Å². The molecular weight excluding hydrogens is 246 g/mol. The van der Waals surface area contributed by atoms with Crippen molar-refractivity contribution in [2.24, 2.45) is 7.05 Å². The molecule has 0 saturated heterocycles. The summed E-state index contributed by atoms with van der Waals surface area (Å²) in [6.45, 7) is 0.681. The molecule has 2 heterocycles. The fraction of sp³-hybridized carbons (Fsp3) is 0.231. The summed E-state index contributed by atoms with van der Waals surface area (Å²) in [5.41, 5.74) is 1.49. The zero-order valence-electron chi connectivity index (χ0n) is 10.4. The first-order chi connectivity index (χ1) is 9.24. The molecule has 98 valence electrons. The maximum atomic E-state index is 11.9. The Kier molecular flexibility index (Phi) is 2.83. The van der Waals surface area contributed by atoms with E-state index in [-0.39, 0.29) is 12.7 Å². The van der Waals surface area contributed by atoms with Crippen LogP contribution in [0.25, 0.3) is 0 Å². The number of imidazole rings is 1. The first-order valence-corrected chi connectivity index (χ1v) is 5.87. The molecular formula is C13H13N3O3. The van der Waals surface area contributed by atoms with Gasteiger partial charge in [-0.05, 0) is 17.7 Å². The lowest BCUT2D eigenvalue weighted by Crippen LogP contribution is -2.24. The quantitative estimate of drug-likeness (QED) is 0.895. The Morgan fingerprint density at radius 3 is 3.05 bits per heavy atom. The van der Waals surface area contributed by atoms with Crippen molar-refractivity contribution in [3.05, 3.63) is 42.0 Å². The van der Waals surface area contributed by atoms with Gasteiger partial charge in [0.1, 0.15) is 5.69 Å². The molecule has 0 spiro atoms. The summed E-state index contributed by atoms with van der Waals surface area (Å²) in [5.74, 6) is 1.30. The first kappa shape index (κ1) is 11.6. The molecule has 6 heteroatoms. The zero-order chi connectivity index (χ0) is 13.2. The standard InChI is InChI=1S/C13H13N3O3/c1-16-7-14-6-10(16)13(17)15-5-9-2-3-11-12(4-9)19-8-18-11/h2-4,6-7H,5,8H2,1H3,(H,15,17). The minimum absolute atomic E-state index is 0.155. The normalized spacial score (nSPS) is 12.5. The van der Waals surface area contributed by atoms with E-state index in [1.165, 1.54) is 6.20 Å². The highest BCUT2D eigenvalue weighted by Crippen LogP contribution is 2.32. The van der Waals surface area contributed by atoms with Crippen LogP contribution in [0.3, 0.4) is 0 Å². The van der Waals surface area contributed by atoms with E-state index in [4.69, 9.17) is 9.47 Å². The Bertz CT molecular complexity index is 621. The second-order valence-corrected chi connectivity index (χ2v) is 4.26. The van der Waals surface area contributed by atoms with E-state index >= 15 is 0 Å². The van der Waals surface area contributed by atoms with Crippen LogP contribution in [0.2, 0.25) is 0 Å². The number of nitrogens with zero attached hydrogens (tertiary/aromatic N) is 2. The van der Waals surface area contributed by atoms with Gasteiger partial charge in [-0.1, -0.05) is 6.07 Å². The van der Waals surface area contributed by atoms with Gasteiger partial charge in [0, 0.05) is 13.6 Å². The van der Waals surface area contributed by atoms with Crippen molar-refractivity contribution in [1.82, 2.24) is 14.9 Å². The van der Waals surface area contributed by atoms with Crippen LogP contribution in [-0.4, -0.2) is 22.3 Å². The molecule has 6 nitrogen and oxygen atoms in total. The highest BCUT2D eigenvalue weighted by molar-refractivity contribution is 5.92. The van der Waals surface area contributed by atoms with Gasteiger partial charge in [-0.15, -0.1) is 0 Å². The molecule has 0 saturated carbocycles. The molecule has 19 heavy (non-hydrogen) atoms. The molecule has 0 fully saturated rings. The number of aryl methyl sites for hydroxylation is 1. The predicted molar refractivity (Wildman–Crippen MR) is 66.9 cm³/mol. The zero-order valence-corrected chi connectivity index (χ0v) is 10.4. The Hall–Kier alpha value is -2.50. The van der Waals surface area contributed by atoms with E-state index in [1.807, 2.05) is 18.2 Å². The molecule has 1 aromatic heterocycles. The summed E-state index contributed by atoms with van der Waals surface area (Å²) in [4.78, 5) is 15.8. The van der Waals surface area contributed by atoms with Gasteiger partial charge in [0.2, 0.25) is 6.79 Å². The maximum Gasteiger partial charge on any atom is 0.269 e. The number of hydrogen-bond acceptors (Lipinski definition) is 4. The highest BCUT2D eigenvalue weighted by Gasteiger charge is 2.14. The van der Waals surface area contributed by atoms with Crippen LogP contribution < -0.4 is 14.8 Å². The summed E-state index contributed by atoms with van der Waals surface area (Å²) >= 11 is 0.